The summed E-state index contributed by atoms with van der Waals surface area (Å²) in [6.45, 7) is 1.50. The summed E-state index contributed by atoms with van der Waals surface area (Å²) < 4.78 is 27.1. The fraction of sp³-hybridized carbons (Fsp3) is 0.167. The minimum Gasteiger partial charge on any atom is -0.320 e. The second kappa shape index (κ2) is 4.55. The van der Waals surface area contributed by atoms with Gasteiger partial charge in [-0.15, -0.1) is 0 Å². The Morgan fingerprint density at radius 2 is 1.76 bits per heavy atom. The molecular weight excluding hydrogens is 224 g/mol. The summed E-state index contributed by atoms with van der Waals surface area (Å²) >= 11 is 0. The van der Waals surface area contributed by atoms with Crippen molar-refractivity contribution < 1.29 is 8.78 Å². The van der Waals surface area contributed by atoms with Crippen LogP contribution in [0.15, 0.2) is 30.9 Å². The average Bonchev–Trinajstić information content (AvgIpc) is 2.36. The van der Waals surface area contributed by atoms with Crippen molar-refractivity contribution in [3.63, 3.8) is 0 Å². The van der Waals surface area contributed by atoms with E-state index in [1.54, 1.807) is 0 Å². The normalized spacial score (nSPS) is 12.5. The Labute approximate surface area is 97.3 Å². The third-order valence-corrected chi connectivity index (χ3v) is 2.58. The highest BCUT2D eigenvalue weighted by Crippen LogP contribution is 2.24. The highest BCUT2D eigenvalue weighted by Gasteiger charge is 2.18. The van der Waals surface area contributed by atoms with E-state index in [1.165, 1.54) is 37.8 Å². The van der Waals surface area contributed by atoms with Crippen molar-refractivity contribution in [1.29, 1.82) is 0 Å². The van der Waals surface area contributed by atoms with Crippen molar-refractivity contribution in [1.82, 2.24) is 9.97 Å². The molecule has 2 aromatic rings. The summed E-state index contributed by atoms with van der Waals surface area (Å²) in [5.41, 5.74) is 6.74. The Hall–Kier alpha value is -1.88. The molecule has 0 fully saturated rings. The smallest absolute Gasteiger partial charge is 0.164 e. The van der Waals surface area contributed by atoms with Gasteiger partial charge in [0.15, 0.2) is 11.6 Å². The van der Waals surface area contributed by atoms with Crippen molar-refractivity contribution in [2.45, 2.75) is 13.0 Å². The zero-order valence-electron chi connectivity index (χ0n) is 9.19. The van der Waals surface area contributed by atoms with Crippen LogP contribution < -0.4 is 5.73 Å². The molecule has 0 saturated heterocycles. The van der Waals surface area contributed by atoms with Crippen molar-refractivity contribution in [2.75, 3.05) is 0 Å². The van der Waals surface area contributed by atoms with Crippen LogP contribution in [0.2, 0.25) is 0 Å². The number of hydrogen-bond acceptors (Lipinski definition) is 3. The molecule has 0 bridgehead atoms. The van der Waals surface area contributed by atoms with Gasteiger partial charge in [-0.2, -0.15) is 0 Å². The lowest BCUT2D eigenvalue weighted by Gasteiger charge is -2.13. The molecule has 3 nitrogen and oxygen atoms in total. The molecule has 88 valence electrons. The van der Waals surface area contributed by atoms with Crippen LogP contribution in [0.4, 0.5) is 8.78 Å². The van der Waals surface area contributed by atoms with Gasteiger partial charge in [-0.3, -0.25) is 0 Å². The second-order valence-electron chi connectivity index (χ2n) is 3.75. The van der Waals surface area contributed by atoms with Crippen LogP contribution in [-0.4, -0.2) is 9.97 Å². The Morgan fingerprint density at radius 1 is 1.12 bits per heavy atom. The molecule has 1 heterocycles. The zero-order valence-corrected chi connectivity index (χ0v) is 9.19. The van der Waals surface area contributed by atoms with E-state index in [-0.39, 0.29) is 11.1 Å². The van der Waals surface area contributed by atoms with Gasteiger partial charge in [-0.05, 0) is 12.5 Å². The number of nitrogens with two attached hydrogens (primary N) is 1. The second-order valence-corrected chi connectivity index (χ2v) is 3.75. The molecule has 2 rings (SSSR count). The minimum absolute atomic E-state index is 0.0999. The summed E-state index contributed by atoms with van der Waals surface area (Å²) in [4.78, 5) is 7.59. The highest BCUT2D eigenvalue weighted by atomic mass is 19.2. The third-order valence-electron chi connectivity index (χ3n) is 2.58. The molecule has 1 aromatic heterocycles. The topological polar surface area (TPSA) is 51.8 Å². The molecule has 0 saturated carbocycles. The molecule has 0 aliphatic rings. The van der Waals surface area contributed by atoms with Crippen LogP contribution in [0.5, 0.6) is 0 Å². The van der Waals surface area contributed by atoms with Gasteiger partial charge in [0.2, 0.25) is 0 Å². The maximum absolute atomic E-state index is 13.7. The van der Waals surface area contributed by atoms with Crippen LogP contribution in [0.25, 0.3) is 0 Å². The lowest BCUT2D eigenvalue weighted by atomic mass is 10.00. The van der Waals surface area contributed by atoms with E-state index in [9.17, 15) is 8.78 Å². The first-order valence-electron chi connectivity index (χ1n) is 5.06. The van der Waals surface area contributed by atoms with Crippen molar-refractivity contribution in [2.24, 2.45) is 5.73 Å². The van der Waals surface area contributed by atoms with Gasteiger partial charge in [0.1, 0.15) is 6.33 Å². The fourth-order valence-electron chi connectivity index (χ4n) is 1.55. The number of hydrogen-bond donors (Lipinski definition) is 1. The summed E-state index contributed by atoms with van der Waals surface area (Å²) in [5.74, 6) is -1.78. The molecule has 1 unspecified atom stereocenters. The number of nitrogens with zero attached hydrogens (tertiary/aromatic N) is 2. The van der Waals surface area contributed by atoms with Crippen LogP contribution in [0.1, 0.15) is 22.7 Å². The van der Waals surface area contributed by atoms with Gasteiger partial charge in [0.05, 0.1) is 6.04 Å². The molecule has 17 heavy (non-hydrogen) atoms. The van der Waals surface area contributed by atoms with Crippen LogP contribution >= 0.6 is 0 Å². The summed E-state index contributed by atoms with van der Waals surface area (Å²) in [5, 5.41) is 0. The van der Waals surface area contributed by atoms with E-state index >= 15 is 0 Å². The largest absolute Gasteiger partial charge is 0.320 e. The van der Waals surface area contributed by atoms with Crippen LogP contribution in [-0.2, 0) is 0 Å². The molecular formula is C12H11F2N3. The predicted molar refractivity (Wildman–Crippen MR) is 59.2 cm³/mol. The van der Waals surface area contributed by atoms with E-state index in [2.05, 4.69) is 9.97 Å². The Morgan fingerprint density at radius 3 is 2.41 bits per heavy atom. The molecule has 0 aliphatic carbocycles. The van der Waals surface area contributed by atoms with Crippen LogP contribution in [0, 0.1) is 18.6 Å². The molecule has 1 aromatic carbocycles. The molecule has 1 atom stereocenters. The molecule has 0 aliphatic heterocycles. The lowest BCUT2D eigenvalue weighted by molar-refractivity contribution is 0.489. The lowest BCUT2D eigenvalue weighted by Crippen LogP contribution is -2.15. The first-order chi connectivity index (χ1) is 8.11. The number of benzene rings is 1. The Balaban J connectivity index is 2.45. The van der Waals surface area contributed by atoms with Gasteiger partial charge >= 0.3 is 0 Å². The zero-order chi connectivity index (χ0) is 12.4. The SMILES string of the molecule is Cc1ccc(C(N)c2cncnc2)c(F)c1F. The summed E-state index contributed by atoms with van der Waals surface area (Å²) in [6, 6.07) is 2.20. The monoisotopic (exact) mass is 235 g/mol. The summed E-state index contributed by atoms with van der Waals surface area (Å²) in [7, 11) is 0. The fourth-order valence-corrected chi connectivity index (χ4v) is 1.55. The third kappa shape index (κ3) is 2.14. The van der Waals surface area contributed by atoms with Crippen LogP contribution in [0.3, 0.4) is 0 Å². The first kappa shape index (κ1) is 11.6. The van der Waals surface area contributed by atoms with Gasteiger partial charge in [-0.1, -0.05) is 12.1 Å². The van der Waals surface area contributed by atoms with Crippen molar-refractivity contribution in [3.05, 3.63) is 59.2 Å². The van der Waals surface area contributed by atoms with E-state index < -0.39 is 17.7 Å². The van der Waals surface area contributed by atoms with Gasteiger partial charge in [0, 0.05) is 23.5 Å². The minimum atomic E-state index is -0.915. The summed E-state index contributed by atoms with van der Waals surface area (Å²) in [6.07, 6.45) is 4.31. The van der Waals surface area contributed by atoms with E-state index in [1.807, 2.05) is 0 Å². The Kier molecular flexibility index (Phi) is 3.10. The van der Waals surface area contributed by atoms with Crippen molar-refractivity contribution >= 4 is 0 Å². The van der Waals surface area contributed by atoms with Gasteiger partial charge in [0.25, 0.3) is 0 Å². The molecule has 2 N–H and O–H groups in total. The standard InChI is InChI=1S/C12H11F2N3/c1-7-2-3-9(11(14)10(7)13)12(15)8-4-16-6-17-5-8/h2-6,12H,15H2,1H3. The highest BCUT2D eigenvalue weighted by molar-refractivity contribution is 5.33. The van der Waals surface area contributed by atoms with Gasteiger partial charge < -0.3 is 5.73 Å². The van der Waals surface area contributed by atoms with Gasteiger partial charge in [-0.25, -0.2) is 18.7 Å². The molecule has 0 spiro atoms. The molecule has 5 heteroatoms. The first-order valence-corrected chi connectivity index (χ1v) is 5.06. The number of halogens is 2. The number of aryl methyl sites for hydroxylation is 1. The average molecular weight is 235 g/mol. The molecule has 0 radical (unpaired) electrons. The van der Waals surface area contributed by atoms with Crippen molar-refractivity contribution in [3.8, 4) is 0 Å². The van der Waals surface area contributed by atoms with E-state index in [4.69, 9.17) is 5.73 Å². The number of rotatable bonds is 2. The van der Waals surface area contributed by atoms with E-state index in [0.29, 0.717) is 5.56 Å². The quantitative estimate of drug-likeness (QED) is 0.867. The number of aromatic nitrogens is 2. The maximum Gasteiger partial charge on any atom is 0.164 e. The molecule has 0 amide bonds. The Bertz CT molecular complexity index is 529. The van der Waals surface area contributed by atoms with E-state index in [0.717, 1.165) is 0 Å². The maximum atomic E-state index is 13.7. The predicted octanol–water partition coefficient (Wildman–Crippen LogP) is 2.11.